The smallest absolute Gasteiger partial charge is 0.191 e. The molecule has 7 heteroatoms. The van der Waals surface area contributed by atoms with Crippen molar-refractivity contribution in [3.63, 3.8) is 0 Å². The number of ether oxygens (including phenoxy) is 1. The molecule has 1 heterocycles. The molecule has 0 aliphatic rings. The number of nitrogens with one attached hydrogen (secondary N) is 2. The Morgan fingerprint density at radius 2 is 2.04 bits per heavy atom. The summed E-state index contributed by atoms with van der Waals surface area (Å²) in [4.78, 5) is 8.27. The molecule has 0 bridgehead atoms. The molecule has 1 atom stereocenters. The van der Waals surface area contributed by atoms with Crippen molar-refractivity contribution in [3.05, 3.63) is 52.2 Å². The third-order valence-electron chi connectivity index (χ3n) is 3.86. The topological polar surface area (TPSA) is 48.9 Å². The summed E-state index contributed by atoms with van der Waals surface area (Å²) in [5.74, 6) is 1.68. The lowest BCUT2D eigenvalue weighted by molar-refractivity contribution is 0.302. The molecule has 144 valence electrons. The number of halogens is 1. The summed E-state index contributed by atoms with van der Waals surface area (Å²) in [6.45, 7) is 4.32. The quantitative estimate of drug-likeness (QED) is 0.338. The molecular weight excluding hydrogens is 459 g/mol. The van der Waals surface area contributed by atoms with Crippen molar-refractivity contribution in [3.8, 4) is 5.75 Å². The number of rotatable bonds is 8. The van der Waals surface area contributed by atoms with Gasteiger partial charge >= 0.3 is 0 Å². The van der Waals surface area contributed by atoms with Crippen molar-refractivity contribution in [2.75, 3.05) is 34.3 Å². The number of thiophene rings is 1. The van der Waals surface area contributed by atoms with Gasteiger partial charge in [0.2, 0.25) is 0 Å². The van der Waals surface area contributed by atoms with E-state index in [0.717, 1.165) is 30.4 Å². The number of methoxy groups -OCH3 is 1. The number of aliphatic imine (C=N–C) groups is 1. The molecular formula is C19H29IN4OS. The summed E-state index contributed by atoms with van der Waals surface area (Å²) in [6.07, 6.45) is 0. The van der Waals surface area contributed by atoms with Gasteiger partial charge in [0.15, 0.2) is 5.96 Å². The highest BCUT2D eigenvalue weighted by molar-refractivity contribution is 14.0. The fourth-order valence-corrected chi connectivity index (χ4v) is 3.42. The van der Waals surface area contributed by atoms with Crippen LogP contribution >= 0.6 is 35.3 Å². The van der Waals surface area contributed by atoms with Crippen LogP contribution < -0.4 is 15.4 Å². The van der Waals surface area contributed by atoms with Crippen molar-refractivity contribution in [2.24, 2.45) is 4.99 Å². The van der Waals surface area contributed by atoms with E-state index in [2.05, 4.69) is 60.1 Å². The first-order valence-electron chi connectivity index (χ1n) is 8.49. The van der Waals surface area contributed by atoms with Crippen molar-refractivity contribution in [2.45, 2.75) is 19.5 Å². The Morgan fingerprint density at radius 1 is 1.23 bits per heavy atom. The summed E-state index contributed by atoms with van der Waals surface area (Å²) in [5.41, 5.74) is 1.12. The van der Waals surface area contributed by atoms with Crippen molar-refractivity contribution < 1.29 is 4.74 Å². The Hall–Kier alpha value is -1.32. The minimum atomic E-state index is 0. The molecule has 0 aliphatic carbocycles. The number of nitrogens with zero attached hydrogens (tertiary/aromatic N) is 2. The first-order chi connectivity index (χ1) is 12.1. The van der Waals surface area contributed by atoms with E-state index < -0.39 is 0 Å². The molecule has 0 radical (unpaired) electrons. The summed E-state index contributed by atoms with van der Waals surface area (Å²) < 4.78 is 5.27. The molecule has 1 aromatic carbocycles. The maximum Gasteiger partial charge on any atom is 0.191 e. The number of guanidine groups is 1. The molecule has 0 fully saturated rings. The molecule has 0 amide bonds. The van der Waals surface area contributed by atoms with E-state index in [1.54, 1.807) is 18.4 Å². The minimum Gasteiger partial charge on any atom is -0.497 e. The zero-order chi connectivity index (χ0) is 18.1. The fourth-order valence-electron chi connectivity index (χ4n) is 2.49. The largest absolute Gasteiger partial charge is 0.497 e. The number of benzene rings is 1. The lowest BCUT2D eigenvalue weighted by Gasteiger charge is -2.24. The van der Waals surface area contributed by atoms with Gasteiger partial charge in [-0.3, -0.25) is 0 Å². The Kier molecular flexibility index (Phi) is 10.6. The Bertz CT molecular complexity index is 661. The van der Waals surface area contributed by atoms with Crippen LogP contribution in [-0.2, 0) is 6.54 Å². The van der Waals surface area contributed by atoms with Crippen LogP contribution in [0, 0.1) is 0 Å². The van der Waals surface area contributed by atoms with Gasteiger partial charge < -0.3 is 20.3 Å². The second kappa shape index (κ2) is 12.1. The minimum absolute atomic E-state index is 0. The average Bonchev–Trinajstić information content (AvgIpc) is 3.14. The zero-order valence-corrected chi connectivity index (χ0v) is 19.0. The van der Waals surface area contributed by atoms with Crippen LogP contribution in [-0.4, -0.2) is 45.2 Å². The predicted molar refractivity (Wildman–Crippen MR) is 122 cm³/mol. The van der Waals surface area contributed by atoms with Crippen LogP contribution in [0.2, 0.25) is 0 Å². The number of hydrogen-bond donors (Lipinski definition) is 2. The van der Waals surface area contributed by atoms with Gasteiger partial charge in [-0.15, -0.1) is 35.3 Å². The van der Waals surface area contributed by atoms with Crippen molar-refractivity contribution in [1.82, 2.24) is 15.5 Å². The predicted octanol–water partition coefficient (Wildman–Crippen LogP) is 3.73. The first kappa shape index (κ1) is 22.7. The molecule has 2 N–H and O–H groups in total. The van der Waals surface area contributed by atoms with Gasteiger partial charge in [-0.25, -0.2) is 4.99 Å². The molecule has 0 saturated heterocycles. The number of hydrogen-bond acceptors (Lipinski definition) is 4. The van der Waals surface area contributed by atoms with Gasteiger partial charge in [0.1, 0.15) is 5.75 Å². The second-order valence-electron chi connectivity index (χ2n) is 5.92. The van der Waals surface area contributed by atoms with Crippen LogP contribution in [0.5, 0.6) is 5.75 Å². The molecule has 1 unspecified atom stereocenters. The van der Waals surface area contributed by atoms with Gasteiger partial charge in [-0.1, -0.05) is 18.2 Å². The molecule has 2 aromatic rings. The summed E-state index contributed by atoms with van der Waals surface area (Å²) >= 11 is 1.78. The molecule has 5 nitrogen and oxygen atoms in total. The maximum absolute atomic E-state index is 5.27. The third-order valence-corrected chi connectivity index (χ3v) is 4.83. The van der Waals surface area contributed by atoms with Crippen LogP contribution in [0.25, 0.3) is 0 Å². The lowest BCUT2D eigenvalue weighted by atomic mass is 10.2. The van der Waals surface area contributed by atoms with Crippen molar-refractivity contribution >= 4 is 41.3 Å². The van der Waals surface area contributed by atoms with Crippen LogP contribution in [0.15, 0.2) is 46.8 Å². The molecule has 26 heavy (non-hydrogen) atoms. The van der Waals surface area contributed by atoms with Gasteiger partial charge in [0.05, 0.1) is 19.7 Å². The molecule has 0 aliphatic heterocycles. The lowest BCUT2D eigenvalue weighted by Crippen LogP contribution is -2.41. The number of likely N-dealkylation sites (N-methyl/N-ethyl adjacent to an activating group) is 1. The maximum atomic E-state index is 5.27. The van der Waals surface area contributed by atoms with E-state index in [4.69, 9.17) is 9.73 Å². The van der Waals surface area contributed by atoms with E-state index in [9.17, 15) is 0 Å². The Labute approximate surface area is 177 Å². The van der Waals surface area contributed by atoms with E-state index in [0.29, 0.717) is 12.6 Å². The molecule has 2 rings (SSSR count). The van der Waals surface area contributed by atoms with E-state index >= 15 is 0 Å². The molecule has 0 spiro atoms. The van der Waals surface area contributed by atoms with Crippen LogP contribution in [0.4, 0.5) is 0 Å². The van der Waals surface area contributed by atoms with Crippen LogP contribution in [0.3, 0.4) is 0 Å². The summed E-state index contributed by atoms with van der Waals surface area (Å²) in [7, 11) is 5.89. The SMILES string of the molecule is CCNC(=NCc1cccc(OC)c1)NCC(c1cccs1)N(C)C.I. The summed E-state index contributed by atoms with van der Waals surface area (Å²) in [6, 6.07) is 12.6. The second-order valence-corrected chi connectivity index (χ2v) is 6.90. The van der Waals surface area contributed by atoms with Gasteiger partial charge in [0, 0.05) is 18.0 Å². The fraction of sp³-hybridized carbons (Fsp3) is 0.421. The highest BCUT2D eigenvalue weighted by Crippen LogP contribution is 2.22. The zero-order valence-electron chi connectivity index (χ0n) is 15.9. The van der Waals surface area contributed by atoms with E-state index in [1.807, 2.05) is 18.2 Å². The normalized spacial score (nSPS) is 12.4. The van der Waals surface area contributed by atoms with Gasteiger partial charge in [-0.05, 0) is 50.2 Å². The van der Waals surface area contributed by atoms with E-state index in [1.165, 1.54) is 4.88 Å². The standard InChI is InChI=1S/C19H28N4OS.HI/c1-5-20-19(21-13-15-8-6-9-16(12-15)24-4)22-14-17(23(2)3)18-10-7-11-25-18;/h6-12,17H,5,13-14H2,1-4H3,(H2,20,21,22);1H. The molecule has 0 saturated carbocycles. The first-order valence-corrected chi connectivity index (χ1v) is 9.37. The van der Waals surface area contributed by atoms with Crippen molar-refractivity contribution in [1.29, 1.82) is 0 Å². The highest BCUT2D eigenvalue weighted by Gasteiger charge is 2.15. The average molecular weight is 488 g/mol. The van der Waals surface area contributed by atoms with Gasteiger partial charge in [-0.2, -0.15) is 0 Å². The summed E-state index contributed by atoms with van der Waals surface area (Å²) in [5, 5.41) is 8.89. The monoisotopic (exact) mass is 488 g/mol. The Morgan fingerprint density at radius 3 is 2.65 bits per heavy atom. The molecule has 1 aromatic heterocycles. The van der Waals surface area contributed by atoms with Crippen LogP contribution in [0.1, 0.15) is 23.4 Å². The van der Waals surface area contributed by atoms with Gasteiger partial charge in [0.25, 0.3) is 0 Å². The Balaban J connectivity index is 0.00000338. The van der Waals surface area contributed by atoms with E-state index in [-0.39, 0.29) is 24.0 Å². The third kappa shape index (κ3) is 7.13. The highest BCUT2D eigenvalue weighted by atomic mass is 127.